The van der Waals surface area contributed by atoms with Crippen molar-refractivity contribution in [3.8, 4) is 0 Å². The number of hydrogen-bond donors (Lipinski definition) is 0. The second-order valence-electron chi connectivity index (χ2n) is 6.27. The van der Waals surface area contributed by atoms with Gasteiger partial charge in [0.1, 0.15) is 12.4 Å². The van der Waals surface area contributed by atoms with Crippen molar-refractivity contribution >= 4 is 12.2 Å². The molecule has 0 bridgehead atoms. The zero-order valence-electron chi connectivity index (χ0n) is 13.4. The summed E-state index contributed by atoms with van der Waals surface area (Å²) in [5.41, 5.74) is 0. The maximum atomic E-state index is 11.7. The summed E-state index contributed by atoms with van der Waals surface area (Å²) < 4.78 is 11.4. The highest BCUT2D eigenvalue weighted by Gasteiger charge is 2.36. The Kier molecular flexibility index (Phi) is 5.71. The van der Waals surface area contributed by atoms with Crippen LogP contribution in [-0.2, 0) is 19.1 Å². The Morgan fingerprint density at radius 1 is 1.35 bits per heavy atom. The smallest absolute Gasteiger partial charge is 0.219 e. The fraction of sp³-hybridized carbons (Fsp3) is 0.867. The van der Waals surface area contributed by atoms with Crippen molar-refractivity contribution in [1.82, 2.24) is 4.90 Å². The van der Waals surface area contributed by atoms with Gasteiger partial charge in [-0.25, -0.2) is 0 Å². The van der Waals surface area contributed by atoms with Gasteiger partial charge in [0.2, 0.25) is 5.91 Å². The van der Waals surface area contributed by atoms with Gasteiger partial charge in [-0.2, -0.15) is 0 Å². The maximum Gasteiger partial charge on any atom is 0.219 e. The topological polar surface area (TPSA) is 55.8 Å². The van der Waals surface area contributed by atoms with Crippen LogP contribution in [0.2, 0.25) is 0 Å². The first-order chi connectivity index (χ1) is 9.16. The van der Waals surface area contributed by atoms with E-state index in [4.69, 9.17) is 9.47 Å². The molecule has 1 rings (SSSR count). The molecule has 0 aliphatic carbocycles. The summed E-state index contributed by atoms with van der Waals surface area (Å²) in [5, 5.41) is 0. The molecule has 0 N–H and O–H groups in total. The molecule has 1 aliphatic heterocycles. The summed E-state index contributed by atoms with van der Waals surface area (Å²) in [5.74, 6) is -0.696. The van der Waals surface area contributed by atoms with Crippen LogP contribution in [0.25, 0.3) is 0 Å². The monoisotopic (exact) mass is 285 g/mol. The molecule has 1 unspecified atom stereocenters. The lowest BCUT2D eigenvalue weighted by atomic mass is 10.0. The summed E-state index contributed by atoms with van der Waals surface area (Å²) in [7, 11) is 0. The molecule has 0 aromatic heterocycles. The van der Waals surface area contributed by atoms with Crippen LogP contribution in [0.3, 0.4) is 0 Å². The molecule has 1 heterocycles. The van der Waals surface area contributed by atoms with E-state index in [9.17, 15) is 9.59 Å². The van der Waals surface area contributed by atoms with E-state index in [-0.39, 0.29) is 24.1 Å². The van der Waals surface area contributed by atoms with E-state index in [1.807, 2.05) is 39.5 Å². The second-order valence-corrected chi connectivity index (χ2v) is 6.27. The molecule has 1 fully saturated rings. The Balaban J connectivity index is 2.70. The standard InChI is InChI=1S/C15H27NO4/c1-10(2)16(12(4)18)11(3)7-13-8-14(9-17)20-15(5,6)19-13/h9-11,13-14H,7-8H2,1-6H3/t11?,13-,14+/m1/s1. The Labute approximate surface area is 121 Å². The van der Waals surface area contributed by atoms with Crippen molar-refractivity contribution in [2.45, 2.75) is 84.5 Å². The lowest BCUT2D eigenvalue weighted by molar-refractivity contribution is -0.293. The normalized spacial score (nSPS) is 27.1. The quantitative estimate of drug-likeness (QED) is 0.726. The number of carbonyl (C=O) groups is 2. The van der Waals surface area contributed by atoms with Crippen molar-refractivity contribution < 1.29 is 19.1 Å². The van der Waals surface area contributed by atoms with E-state index < -0.39 is 11.9 Å². The third-order valence-corrected chi connectivity index (χ3v) is 3.53. The van der Waals surface area contributed by atoms with Gasteiger partial charge in [-0.1, -0.05) is 0 Å². The van der Waals surface area contributed by atoms with Gasteiger partial charge in [0.15, 0.2) is 5.79 Å². The number of nitrogens with zero attached hydrogens (tertiary/aromatic N) is 1. The van der Waals surface area contributed by atoms with Gasteiger partial charge in [-0.05, 0) is 41.0 Å². The molecular formula is C15H27NO4. The first-order valence-corrected chi connectivity index (χ1v) is 7.26. The van der Waals surface area contributed by atoms with Crippen molar-refractivity contribution in [2.24, 2.45) is 0 Å². The van der Waals surface area contributed by atoms with E-state index in [0.29, 0.717) is 12.8 Å². The van der Waals surface area contributed by atoms with Gasteiger partial charge in [0.25, 0.3) is 0 Å². The summed E-state index contributed by atoms with van der Waals surface area (Å²) in [6, 6.07) is 0.218. The molecule has 3 atom stereocenters. The minimum Gasteiger partial charge on any atom is -0.347 e. The number of ether oxygens (including phenoxy) is 2. The van der Waals surface area contributed by atoms with Gasteiger partial charge < -0.3 is 19.2 Å². The summed E-state index contributed by atoms with van der Waals surface area (Å²) in [4.78, 5) is 24.6. The molecule has 116 valence electrons. The Morgan fingerprint density at radius 3 is 2.40 bits per heavy atom. The first kappa shape index (κ1) is 17.1. The fourth-order valence-corrected chi connectivity index (χ4v) is 3.05. The van der Waals surface area contributed by atoms with Crippen LogP contribution < -0.4 is 0 Å². The predicted molar refractivity (Wildman–Crippen MR) is 76.2 cm³/mol. The van der Waals surface area contributed by atoms with Gasteiger partial charge in [-0.3, -0.25) is 4.79 Å². The van der Waals surface area contributed by atoms with Gasteiger partial charge in [0.05, 0.1) is 6.10 Å². The van der Waals surface area contributed by atoms with Gasteiger partial charge in [-0.15, -0.1) is 0 Å². The lowest BCUT2D eigenvalue weighted by Gasteiger charge is -2.41. The van der Waals surface area contributed by atoms with Gasteiger partial charge in [0, 0.05) is 25.4 Å². The molecule has 0 spiro atoms. The van der Waals surface area contributed by atoms with Crippen LogP contribution in [-0.4, -0.2) is 47.2 Å². The van der Waals surface area contributed by atoms with E-state index in [1.54, 1.807) is 6.92 Å². The van der Waals surface area contributed by atoms with Crippen LogP contribution >= 0.6 is 0 Å². The highest BCUT2D eigenvalue weighted by atomic mass is 16.7. The largest absolute Gasteiger partial charge is 0.347 e. The molecule has 1 amide bonds. The zero-order chi connectivity index (χ0) is 15.5. The molecule has 0 radical (unpaired) electrons. The molecule has 1 aliphatic rings. The van der Waals surface area contributed by atoms with Crippen molar-refractivity contribution in [2.75, 3.05) is 0 Å². The summed E-state index contributed by atoms with van der Waals surface area (Å²) >= 11 is 0. The average Bonchev–Trinajstić information content (AvgIpc) is 2.25. The van der Waals surface area contributed by atoms with E-state index in [0.717, 1.165) is 6.29 Å². The van der Waals surface area contributed by atoms with Crippen LogP contribution in [0.15, 0.2) is 0 Å². The van der Waals surface area contributed by atoms with Crippen LogP contribution in [0.1, 0.15) is 54.4 Å². The Bertz CT molecular complexity index is 354. The van der Waals surface area contributed by atoms with Gasteiger partial charge >= 0.3 is 0 Å². The maximum absolute atomic E-state index is 11.7. The van der Waals surface area contributed by atoms with Crippen molar-refractivity contribution in [3.05, 3.63) is 0 Å². The predicted octanol–water partition coefficient (Wildman–Crippen LogP) is 2.13. The fourth-order valence-electron chi connectivity index (χ4n) is 3.05. The van der Waals surface area contributed by atoms with Crippen molar-refractivity contribution in [3.63, 3.8) is 0 Å². The second kappa shape index (κ2) is 6.68. The zero-order valence-corrected chi connectivity index (χ0v) is 13.4. The van der Waals surface area contributed by atoms with Crippen LogP contribution in [0.4, 0.5) is 0 Å². The number of rotatable bonds is 5. The van der Waals surface area contributed by atoms with Crippen LogP contribution in [0, 0.1) is 0 Å². The first-order valence-electron chi connectivity index (χ1n) is 7.26. The minimum atomic E-state index is -0.757. The Hall–Kier alpha value is -0.940. The lowest BCUT2D eigenvalue weighted by Crippen LogP contribution is -2.49. The minimum absolute atomic E-state index is 0.0609. The van der Waals surface area contributed by atoms with Crippen LogP contribution in [0.5, 0.6) is 0 Å². The SMILES string of the molecule is CC(=O)N(C(C)C)C(C)C[C@@H]1C[C@@H](C=O)OC(C)(C)O1. The van der Waals surface area contributed by atoms with E-state index >= 15 is 0 Å². The van der Waals surface area contributed by atoms with E-state index in [1.165, 1.54) is 0 Å². The highest BCUT2D eigenvalue weighted by Crippen LogP contribution is 2.29. The summed E-state index contributed by atoms with van der Waals surface area (Å²) in [6.07, 6.45) is 1.56. The number of aldehydes is 1. The molecule has 1 saturated heterocycles. The molecular weight excluding hydrogens is 258 g/mol. The molecule has 0 aromatic rings. The molecule has 20 heavy (non-hydrogen) atoms. The third-order valence-electron chi connectivity index (χ3n) is 3.53. The number of hydrogen-bond acceptors (Lipinski definition) is 4. The molecule has 5 heteroatoms. The third kappa shape index (κ3) is 4.56. The number of amides is 1. The number of carbonyl (C=O) groups excluding carboxylic acids is 2. The molecule has 5 nitrogen and oxygen atoms in total. The highest BCUT2D eigenvalue weighted by molar-refractivity contribution is 5.73. The Morgan fingerprint density at radius 2 is 1.95 bits per heavy atom. The van der Waals surface area contributed by atoms with Crippen molar-refractivity contribution in [1.29, 1.82) is 0 Å². The molecule has 0 saturated carbocycles. The van der Waals surface area contributed by atoms with E-state index in [2.05, 4.69) is 0 Å². The summed E-state index contributed by atoms with van der Waals surface area (Å²) in [6.45, 7) is 11.2. The molecule has 0 aromatic carbocycles. The average molecular weight is 285 g/mol.